The Kier molecular flexibility index (Phi) is 4.22. The number of furan rings is 1. The van der Waals surface area contributed by atoms with E-state index in [0.29, 0.717) is 17.3 Å². The average Bonchev–Trinajstić information content (AvgIpc) is 3.54. The van der Waals surface area contributed by atoms with Gasteiger partial charge in [-0.15, -0.1) is 16.4 Å². The molecule has 0 saturated heterocycles. The molecule has 1 aromatic carbocycles. The first-order valence-electron chi connectivity index (χ1n) is 10.2. The highest BCUT2D eigenvalue weighted by atomic mass is 32.1. The van der Waals surface area contributed by atoms with Crippen LogP contribution in [0.15, 0.2) is 41.1 Å². The van der Waals surface area contributed by atoms with E-state index in [1.807, 2.05) is 0 Å². The lowest BCUT2D eigenvalue weighted by atomic mass is 10.2. The van der Waals surface area contributed by atoms with E-state index in [-0.39, 0.29) is 18.0 Å². The molecule has 9 nitrogen and oxygen atoms in total. The molecule has 0 unspecified atom stereocenters. The van der Waals surface area contributed by atoms with E-state index in [4.69, 9.17) is 14.1 Å². The van der Waals surface area contributed by atoms with Crippen molar-refractivity contribution in [2.75, 3.05) is 0 Å². The smallest absolute Gasteiger partial charge is 0.311 e. The molecule has 160 valence electrons. The molecular weight excluding hydrogens is 430 g/mol. The number of hydrogen-bond acceptors (Lipinski definition) is 8. The number of rotatable bonds is 5. The van der Waals surface area contributed by atoms with Crippen molar-refractivity contribution < 1.29 is 14.1 Å². The molecule has 0 atom stereocenters. The van der Waals surface area contributed by atoms with E-state index in [1.165, 1.54) is 22.9 Å². The van der Waals surface area contributed by atoms with Gasteiger partial charge in [-0.25, -0.2) is 14.5 Å². The molecule has 0 spiro atoms. The number of aromatic nitrogens is 4. The van der Waals surface area contributed by atoms with Crippen molar-refractivity contribution in [3.8, 4) is 17.3 Å². The fourth-order valence-electron chi connectivity index (χ4n) is 4.11. The lowest BCUT2D eigenvalue weighted by molar-refractivity contribution is -0.386. The number of nitro benzene ring substituents is 1. The van der Waals surface area contributed by atoms with E-state index in [9.17, 15) is 10.1 Å². The zero-order valence-electron chi connectivity index (χ0n) is 17.1. The standard InChI is InChI=1S/C22H17N5O4S/c1-12-5-7-16(15(9-12)27(28)29)30-10-13-6-8-17(31-13)20-24-21-19-14-3-2-4-18(14)32-22(19)23-11-26(21)25-20/h5-9,11H,2-4,10H2,1H3. The largest absolute Gasteiger partial charge is 0.479 e. The van der Waals surface area contributed by atoms with Crippen molar-refractivity contribution in [3.05, 3.63) is 68.5 Å². The van der Waals surface area contributed by atoms with Gasteiger partial charge in [-0.1, -0.05) is 6.07 Å². The summed E-state index contributed by atoms with van der Waals surface area (Å²) in [6.07, 6.45) is 5.00. The lowest BCUT2D eigenvalue weighted by Crippen LogP contribution is -1.98. The molecule has 0 N–H and O–H groups in total. The number of nitro groups is 1. The zero-order chi connectivity index (χ0) is 21.8. The first-order valence-corrected chi connectivity index (χ1v) is 11.0. The van der Waals surface area contributed by atoms with E-state index in [0.717, 1.165) is 34.3 Å². The molecule has 0 bridgehead atoms. The highest BCUT2D eigenvalue weighted by Gasteiger charge is 2.23. The maximum atomic E-state index is 11.3. The lowest BCUT2D eigenvalue weighted by Gasteiger charge is -2.05. The van der Waals surface area contributed by atoms with E-state index in [1.54, 1.807) is 53.4 Å². The molecule has 32 heavy (non-hydrogen) atoms. The average molecular weight is 447 g/mol. The summed E-state index contributed by atoms with van der Waals surface area (Å²) in [5.74, 6) is 1.69. The minimum Gasteiger partial charge on any atom is -0.479 e. The molecule has 0 radical (unpaired) electrons. The Morgan fingerprint density at radius 1 is 1.28 bits per heavy atom. The zero-order valence-corrected chi connectivity index (χ0v) is 17.9. The Bertz CT molecular complexity index is 1520. The van der Waals surface area contributed by atoms with Crippen LogP contribution in [0.3, 0.4) is 0 Å². The second-order valence-electron chi connectivity index (χ2n) is 7.77. The van der Waals surface area contributed by atoms with Crippen molar-refractivity contribution >= 4 is 32.9 Å². The normalized spacial score (nSPS) is 13.2. The molecule has 1 aliphatic rings. The Morgan fingerprint density at radius 2 is 2.19 bits per heavy atom. The number of fused-ring (bicyclic) bond motifs is 5. The molecule has 0 saturated carbocycles. The third-order valence-electron chi connectivity index (χ3n) is 5.61. The maximum absolute atomic E-state index is 11.3. The van der Waals surface area contributed by atoms with Crippen LogP contribution in [-0.2, 0) is 19.4 Å². The Balaban J connectivity index is 1.29. The Hall–Kier alpha value is -3.79. The van der Waals surface area contributed by atoms with Gasteiger partial charge >= 0.3 is 5.69 Å². The third kappa shape index (κ3) is 3.02. The second kappa shape index (κ2) is 7.13. The summed E-state index contributed by atoms with van der Waals surface area (Å²) in [5, 5.41) is 16.9. The summed E-state index contributed by atoms with van der Waals surface area (Å²) in [4.78, 5) is 22.5. The molecule has 0 aliphatic heterocycles. The van der Waals surface area contributed by atoms with Crippen molar-refractivity contribution in [1.29, 1.82) is 0 Å². The molecule has 6 rings (SSSR count). The van der Waals surface area contributed by atoms with Gasteiger partial charge in [0.15, 0.2) is 17.2 Å². The first-order chi connectivity index (χ1) is 15.6. The van der Waals surface area contributed by atoms with Crippen LogP contribution in [0, 0.1) is 17.0 Å². The van der Waals surface area contributed by atoms with Crippen LogP contribution >= 0.6 is 11.3 Å². The maximum Gasteiger partial charge on any atom is 0.311 e. The first kappa shape index (κ1) is 18.9. The SMILES string of the molecule is Cc1ccc(OCc2ccc(-c3nc4c5c6c(sc5ncn4n3)CCC6)o2)c([N+](=O)[O-])c1. The van der Waals surface area contributed by atoms with Gasteiger partial charge in [-0.3, -0.25) is 10.1 Å². The minimum atomic E-state index is -0.452. The summed E-state index contributed by atoms with van der Waals surface area (Å²) in [6.45, 7) is 1.85. The molecular formula is C22H17N5O4S. The quantitative estimate of drug-likeness (QED) is 0.279. The van der Waals surface area contributed by atoms with Crippen LogP contribution in [-0.4, -0.2) is 24.5 Å². The Morgan fingerprint density at radius 3 is 3.06 bits per heavy atom. The fourth-order valence-corrected chi connectivity index (χ4v) is 5.34. The van der Waals surface area contributed by atoms with Crippen LogP contribution in [0.2, 0.25) is 0 Å². The molecule has 0 amide bonds. The molecule has 1 aliphatic carbocycles. The van der Waals surface area contributed by atoms with Crippen molar-refractivity contribution in [2.24, 2.45) is 0 Å². The van der Waals surface area contributed by atoms with E-state index >= 15 is 0 Å². The third-order valence-corrected chi connectivity index (χ3v) is 6.80. The summed E-state index contributed by atoms with van der Waals surface area (Å²) in [7, 11) is 0. The van der Waals surface area contributed by atoms with Gasteiger partial charge in [0.05, 0.1) is 10.3 Å². The second-order valence-corrected chi connectivity index (χ2v) is 8.85. The van der Waals surface area contributed by atoms with E-state index < -0.39 is 4.92 Å². The number of benzene rings is 1. The highest BCUT2D eigenvalue weighted by molar-refractivity contribution is 7.19. The molecule has 4 aromatic heterocycles. The predicted octanol–water partition coefficient (Wildman–Crippen LogP) is 4.88. The van der Waals surface area contributed by atoms with Crippen molar-refractivity contribution in [1.82, 2.24) is 19.6 Å². The number of hydrogen-bond donors (Lipinski definition) is 0. The van der Waals surface area contributed by atoms with Gasteiger partial charge in [-0.05, 0) is 55.5 Å². The molecule has 0 fully saturated rings. The highest BCUT2D eigenvalue weighted by Crippen LogP contribution is 2.38. The predicted molar refractivity (Wildman–Crippen MR) is 118 cm³/mol. The van der Waals surface area contributed by atoms with Gasteiger partial charge in [0.1, 0.15) is 23.5 Å². The summed E-state index contributed by atoms with van der Waals surface area (Å²) in [5.41, 5.74) is 2.85. The number of aryl methyl sites for hydroxylation is 3. The monoisotopic (exact) mass is 447 g/mol. The van der Waals surface area contributed by atoms with Gasteiger partial charge in [0.25, 0.3) is 0 Å². The van der Waals surface area contributed by atoms with Gasteiger partial charge in [-0.2, -0.15) is 0 Å². The van der Waals surface area contributed by atoms with Crippen LogP contribution in [0.4, 0.5) is 5.69 Å². The minimum absolute atomic E-state index is 0.0567. The van der Waals surface area contributed by atoms with Crippen molar-refractivity contribution in [3.63, 3.8) is 0 Å². The Labute approximate surface area is 185 Å². The van der Waals surface area contributed by atoms with Gasteiger partial charge in [0.2, 0.25) is 5.82 Å². The molecule has 5 aromatic rings. The van der Waals surface area contributed by atoms with Crippen LogP contribution in [0.5, 0.6) is 5.75 Å². The number of ether oxygens (including phenoxy) is 1. The summed E-state index contributed by atoms with van der Waals surface area (Å²) in [6, 6.07) is 8.39. The number of nitrogens with zero attached hydrogens (tertiary/aromatic N) is 5. The topological polar surface area (TPSA) is 109 Å². The van der Waals surface area contributed by atoms with Gasteiger partial charge < -0.3 is 9.15 Å². The molecule has 4 heterocycles. The summed E-state index contributed by atoms with van der Waals surface area (Å²) >= 11 is 1.74. The van der Waals surface area contributed by atoms with Crippen molar-refractivity contribution in [2.45, 2.75) is 32.8 Å². The van der Waals surface area contributed by atoms with Crippen LogP contribution in [0.1, 0.15) is 28.2 Å². The van der Waals surface area contributed by atoms with Crippen LogP contribution < -0.4 is 4.74 Å². The van der Waals surface area contributed by atoms with E-state index in [2.05, 4.69) is 10.1 Å². The fraction of sp³-hybridized carbons (Fsp3) is 0.227. The number of thiophene rings is 1. The molecule has 10 heteroatoms. The van der Waals surface area contributed by atoms with Crippen LogP contribution in [0.25, 0.3) is 27.4 Å². The summed E-state index contributed by atoms with van der Waals surface area (Å²) < 4.78 is 13.2. The van der Waals surface area contributed by atoms with Gasteiger partial charge in [0, 0.05) is 10.9 Å².